The summed E-state index contributed by atoms with van der Waals surface area (Å²) in [5.41, 5.74) is 5.16. The summed E-state index contributed by atoms with van der Waals surface area (Å²) in [7, 11) is 1.68. The Bertz CT molecular complexity index is 389. The van der Waals surface area contributed by atoms with Crippen molar-refractivity contribution in [2.24, 2.45) is 5.84 Å². The molecule has 0 amide bonds. The lowest BCUT2D eigenvalue weighted by atomic mass is 9.94. The molecule has 3 N–H and O–H groups in total. The van der Waals surface area contributed by atoms with E-state index in [4.69, 9.17) is 15.3 Å². The van der Waals surface area contributed by atoms with Gasteiger partial charge in [0.15, 0.2) is 0 Å². The van der Waals surface area contributed by atoms with Crippen molar-refractivity contribution in [1.82, 2.24) is 5.43 Å². The zero-order valence-corrected chi connectivity index (χ0v) is 11.1. The summed E-state index contributed by atoms with van der Waals surface area (Å²) in [5.74, 6) is 6.58. The number of hydrogen-bond donors (Lipinski definition) is 2. The van der Waals surface area contributed by atoms with E-state index in [1.54, 1.807) is 7.11 Å². The van der Waals surface area contributed by atoms with Crippen molar-refractivity contribution in [3.63, 3.8) is 0 Å². The van der Waals surface area contributed by atoms with Gasteiger partial charge in [-0.15, -0.1) is 0 Å². The standard InChI is InChI=1S/C14H22N2O2/c1-10-6-7-12(17-2)11(9-10)14(16-15)13-5-3-4-8-18-13/h6-7,9,13-14,16H,3-5,8,15H2,1-2H3. The smallest absolute Gasteiger partial charge is 0.123 e. The van der Waals surface area contributed by atoms with Gasteiger partial charge in [0.2, 0.25) is 0 Å². The van der Waals surface area contributed by atoms with Crippen LogP contribution in [0.2, 0.25) is 0 Å². The van der Waals surface area contributed by atoms with Crippen LogP contribution in [0.25, 0.3) is 0 Å². The number of hydrazine groups is 1. The average Bonchev–Trinajstić information content (AvgIpc) is 2.41. The highest BCUT2D eigenvalue weighted by molar-refractivity contribution is 5.39. The van der Waals surface area contributed by atoms with E-state index in [0.29, 0.717) is 0 Å². The molecule has 1 aromatic carbocycles. The Morgan fingerprint density at radius 2 is 2.28 bits per heavy atom. The lowest BCUT2D eigenvalue weighted by Crippen LogP contribution is -2.39. The van der Waals surface area contributed by atoms with Gasteiger partial charge >= 0.3 is 0 Å². The second kappa shape index (κ2) is 6.18. The average molecular weight is 250 g/mol. The number of methoxy groups -OCH3 is 1. The fraction of sp³-hybridized carbons (Fsp3) is 0.571. The number of benzene rings is 1. The predicted octanol–water partition coefficient (Wildman–Crippen LogP) is 2.08. The monoisotopic (exact) mass is 250 g/mol. The van der Waals surface area contributed by atoms with E-state index >= 15 is 0 Å². The molecule has 100 valence electrons. The number of nitrogens with two attached hydrogens (primary N) is 1. The summed E-state index contributed by atoms with van der Waals surface area (Å²) >= 11 is 0. The van der Waals surface area contributed by atoms with Crippen molar-refractivity contribution < 1.29 is 9.47 Å². The molecule has 1 fully saturated rings. The molecule has 1 aliphatic heterocycles. The van der Waals surface area contributed by atoms with Gasteiger partial charge in [0.05, 0.1) is 19.3 Å². The van der Waals surface area contributed by atoms with E-state index in [1.807, 2.05) is 12.1 Å². The maximum atomic E-state index is 5.83. The van der Waals surface area contributed by atoms with Gasteiger partial charge in [-0.25, -0.2) is 0 Å². The normalized spacial score (nSPS) is 21.6. The molecule has 0 bridgehead atoms. The van der Waals surface area contributed by atoms with Crippen LogP contribution >= 0.6 is 0 Å². The fourth-order valence-corrected chi connectivity index (χ4v) is 2.52. The number of hydrogen-bond acceptors (Lipinski definition) is 4. The largest absolute Gasteiger partial charge is 0.496 e. The molecule has 18 heavy (non-hydrogen) atoms. The van der Waals surface area contributed by atoms with Gasteiger partial charge < -0.3 is 9.47 Å². The summed E-state index contributed by atoms with van der Waals surface area (Å²) in [6, 6.07) is 6.12. The Labute approximate surface area is 108 Å². The van der Waals surface area contributed by atoms with E-state index in [0.717, 1.165) is 30.8 Å². The lowest BCUT2D eigenvalue weighted by Gasteiger charge is -2.31. The Hall–Kier alpha value is -1.10. The van der Waals surface area contributed by atoms with Crippen LogP contribution in [0.1, 0.15) is 36.4 Å². The molecule has 1 aliphatic rings. The lowest BCUT2D eigenvalue weighted by molar-refractivity contribution is -0.00866. The second-order valence-electron chi connectivity index (χ2n) is 4.79. The van der Waals surface area contributed by atoms with Crippen molar-refractivity contribution in [3.8, 4) is 5.75 Å². The van der Waals surface area contributed by atoms with Crippen LogP contribution in [0, 0.1) is 6.92 Å². The predicted molar refractivity (Wildman–Crippen MR) is 71.4 cm³/mol. The SMILES string of the molecule is COc1ccc(C)cc1C(NN)C1CCCCO1. The van der Waals surface area contributed by atoms with Crippen molar-refractivity contribution in [2.75, 3.05) is 13.7 Å². The first kappa shape index (κ1) is 13.3. The molecule has 0 aromatic heterocycles. The molecule has 2 atom stereocenters. The van der Waals surface area contributed by atoms with Crippen LogP contribution in [0.15, 0.2) is 18.2 Å². The van der Waals surface area contributed by atoms with Gasteiger partial charge in [-0.3, -0.25) is 11.3 Å². The quantitative estimate of drug-likeness (QED) is 0.634. The Morgan fingerprint density at radius 3 is 2.89 bits per heavy atom. The van der Waals surface area contributed by atoms with Gasteiger partial charge in [-0.2, -0.15) is 0 Å². The molecule has 4 heteroatoms. The minimum Gasteiger partial charge on any atom is -0.496 e. The highest BCUT2D eigenvalue weighted by Gasteiger charge is 2.27. The molecule has 0 radical (unpaired) electrons. The molecule has 2 rings (SSSR count). The van der Waals surface area contributed by atoms with Crippen LogP contribution in [0.5, 0.6) is 5.75 Å². The first-order valence-corrected chi connectivity index (χ1v) is 6.48. The maximum absolute atomic E-state index is 5.83. The van der Waals surface area contributed by atoms with E-state index in [1.165, 1.54) is 12.0 Å². The highest BCUT2D eigenvalue weighted by atomic mass is 16.5. The van der Waals surface area contributed by atoms with E-state index in [9.17, 15) is 0 Å². The minimum absolute atomic E-state index is 0.0138. The molecular formula is C14H22N2O2. The number of ether oxygens (including phenoxy) is 2. The number of aryl methyl sites for hydroxylation is 1. The van der Waals surface area contributed by atoms with E-state index < -0.39 is 0 Å². The first-order chi connectivity index (χ1) is 8.76. The number of nitrogens with one attached hydrogen (secondary N) is 1. The van der Waals surface area contributed by atoms with Crippen LogP contribution in [-0.2, 0) is 4.74 Å². The summed E-state index contributed by atoms with van der Waals surface area (Å²) < 4.78 is 11.2. The van der Waals surface area contributed by atoms with Crippen LogP contribution in [0.3, 0.4) is 0 Å². The zero-order valence-electron chi connectivity index (χ0n) is 11.1. The Morgan fingerprint density at radius 1 is 1.44 bits per heavy atom. The Balaban J connectivity index is 2.27. The minimum atomic E-state index is -0.0138. The molecule has 0 saturated carbocycles. The van der Waals surface area contributed by atoms with Crippen LogP contribution in [-0.4, -0.2) is 19.8 Å². The van der Waals surface area contributed by atoms with Gasteiger partial charge in [0.25, 0.3) is 0 Å². The van der Waals surface area contributed by atoms with Gasteiger partial charge in [0.1, 0.15) is 5.75 Å². The number of rotatable bonds is 4. The van der Waals surface area contributed by atoms with Crippen LogP contribution < -0.4 is 16.0 Å². The van der Waals surface area contributed by atoms with Crippen LogP contribution in [0.4, 0.5) is 0 Å². The molecule has 0 spiro atoms. The third-order valence-corrected chi connectivity index (χ3v) is 3.49. The maximum Gasteiger partial charge on any atom is 0.123 e. The first-order valence-electron chi connectivity index (χ1n) is 6.48. The fourth-order valence-electron chi connectivity index (χ4n) is 2.52. The molecular weight excluding hydrogens is 228 g/mol. The summed E-state index contributed by atoms with van der Waals surface area (Å²) in [5, 5.41) is 0. The van der Waals surface area contributed by atoms with Crippen molar-refractivity contribution in [3.05, 3.63) is 29.3 Å². The Kier molecular flexibility index (Phi) is 4.58. The second-order valence-corrected chi connectivity index (χ2v) is 4.79. The summed E-state index contributed by atoms with van der Waals surface area (Å²) in [4.78, 5) is 0. The van der Waals surface area contributed by atoms with E-state index in [-0.39, 0.29) is 12.1 Å². The topological polar surface area (TPSA) is 56.5 Å². The molecule has 1 heterocycles. The van der Waals surface area contributed by atoms with Crippen molar-refractivity contribution in [2.45, 2.75) is 38.3 Å². The van der Waals surface area contributed by atoms with Crippen molar-refractivity contribution >= 4 is 0 Å². The highest BCUT2D eigenvalue weighted by Crippen LogP contribution is 2.32. The molecule has 2 unspecified atom stereocenters. The van der Waals surface area contributed by atoms with Gasteiger partial charge in [-0.05, 0) is 32.3 Å². The van der Waals surface area contributed by atoms with Crippen molar-refractivity contribution in [1.29, 1.82) is 0 Å². The molecule has 1 aromatic rings. The zero-order chi connectivity index (χ0) is 13.0. The van der Waals surface area contributed by atoms with E-state index in [2.05, 4.69) is 18.4 Å². The molecule has 0 aliphatic carbocycles. The van der Waals surface area contributed by atoms with Gasteiger partial charge in [-0.1, -0.05) is 17.7 Å². The third-order valence-electron chi connectivity index (χ3n) is 3.49. The third kappa shape index (κ3) is 2.83. The molecule has 4 nitrogen and oxygen atoms in total. The summed E-state index contributed by atoms with van der Waals surface area (Å²) in [6.45, 7) is 2.88. The summed E-state index contributed by atoms with van der Waals surface area (Å²) in [6.07, 6.45) is 3.49. The molecule has 1 saturated heterocycles. The van der Waals surface area contributed by atoms with Gasteiger partial charge in [0, 0.05) is 12.2 Å².